The topological polar surface area (TPSA) is 18.5 Å². The molecule has 0 spiro atoms. The third-order valence-corrected chi connectivity index (χ3v) is 1.62. The fourth-order valence-corrected chi connectivity index (χ4v) is 0.956. The lowest BCUT2D eigenvalue weighted by atomic mass is 10.2. The molecule has 2 heteroatoms. The zero-order valence-corrected chi connectivity index (χ0v) is 7.20. The second-order valence-corrected chi connectivity index (χ2v) is 2.27. The van der Waals surface area contributed by atoms with Gasteiger partial charge in [0.15, 0.2) is 0 Å². The zero-order valence-electron chi connectivity index (χ0n) is 7.20. The van der Waals surface area contributed by atoms with Gasteiger partial charge in [0.05, 0.1) is 14.2 Å². The van der Waals surface area contributed by atoms with Gasteiger partial charge in [-0.1, -0.05) is 12.7 Å². The van der Waals surface area contributed by atoms with E-state index < -0.39 is 0 Å². The summed E-state index contributed by atoms with van der Waals surface area (Å²) in [5.41, 5.74) is 0.860. The van der Waals surface area contributed by atoms with E-state index >= 15 is 0 Å². The van der Waals surface area contributed by atoms with Gasteiger partial charge < -0.3 is 9.47 Å². The molecule has 1 radical (unpaired) electrons. The Labute approximate surface area is 72.4 Å². The van der Waals surface area contributed by atoms with E-state index in [0.717, 1.165) is 17.1 Å². The summed E-state index contributed by atoms with van der Waals surface area (Å²) < 4.78 is 10.1. The molecule has 0 saturated heterocycles. The lowest BCUT2D eigenvalue weighted by Crippen LogP contribution is -1.88. The first-order valence-electron chi connectivity index (χ1n) is 3.58. The van der Waals surface area contributed by atoms with Gasteiger partial charge in [0, 0.05) is 11.6 Å². The van der Waals surface area contributed by atoms with Gasteiger partial charge in [-0.3, -0.25) is 0 Å². The second kappa shape index (κ2) is 3.81. The van der Waals surface area contributed by atoms with Crippen LogP contribution in [0.1, 0.15) is 5.56 Å². The van der Waals surface area contributed by atoms with Gasteiger partial charge in [0.2, 0.25) is 0 Å². The maximum Gasteiger partial charge on any atom is 0.129 e. The highest BCUT2D eigenvalue weighted by Gasteiger charge is 2.00. The highest BCUT2D eigenvalue weighted by molar-refractivity contribution is 5.56. The fourth-order valence-electron chi connectivity index (χ4n) is 0.956. The van der Waals surface area contributed by atoms with Gasteiger partial charge >= 0.3 is 0 Å². The summed E-state index contributed by atoms with van der Waals surface area (Å²) in [6, 6.07) is 5.47. The summed E-state index contributed by atoms with van der Waals surface area (Å²) in [6.07, 6.45) is 1.50. The number of hydrogen-bond acceptors (Lipinski definition) is 2. The highest BCUT2D eigenvalue weighted by Crippen LogP contribution is 2.24. The Bertz CT molecular complexity index is 279. The number of benzene rings is 1. The minimum Gasteiger partial charge on any atom is -0.497 e. The maximum atomic E-state index is 5.37. The molecule has 0 atom stereocenters. The van der Waals surface area contributed by atoms with E-state index in [1.807, 2.05) is 12.1 Å². The molecular formula is C10H11O2. The Morgan fingerprint density at radius 1 is 1.25 bits per heavy atom. The van der Waals surface area contributed by atoms with Crippen molar-refractivity contribution in [3.8, 4) is 11.5 Å². The average Bonchev–Trinajstić information content (AvgIpc) is 2.16. The molecule has 0 aromatic heterocycles. The van der Waals surface area contributed by atoms with Gasteiger partial charge in [0.1, 0.15) is 11.5 Å². The van der Waals surface area contributed by atoms with Gasteiger partial charge in [-0.05, 0) is 12.1 Å². The first-order chi connectivity index (χ1) is 5.81. The summed E-state index contributed by atoms with van der Waals surface area (Å²) in [6.45, 7) is 5.37. The van der Waals surface area contributed by atoms with E-state index in [4.69, 9.17) is 16.1 Å². The van der Waals surface area contributed by atoms with Crippen LogP contribution in [0.5, 0.6) is 11.5 Å². The van der Waals surface area contributed by atoms with Crippen molar-refractivity contribution in [3.63, 3.8) is 0 Å². The Hall–Kier alpha value is -1.44. The van der Waals surface area contributed by atoms with E-state index in [1.165, 1.54) is 6.08 Å². The molecule has 63 valence electrons. The molecule has 0 aliphatic heterocycles. The Kier molecular flexibility index (Phi) is 2.75. The van der Waals surface area contributed by atoms with Gasteiger partial charge in [-0.2, -0.15) is 0 Å². The van der Waals surface area contributed by atoms with Crippen LogP contribution in [-0.2, 0) is 0 Å². The molecule has 0 bridgehead atoms. The zero-order chi connectivity index (χ0) is 8.97. The van der Waals surface area contributed by atoms with E-state index in [0.29, 0.717) is 0 Å². The summed E-state index contributed by atoms with van der Waals surface area (Å²) >= 11 is 0. The molecule has 12 heavy (non-hydrogen) atoms. The van der Waals surface area contributed by atoms with Crippen LogP contribution in [0.25, 0.3) is 6.08 Å². The van der Waals surface area contributed by atoms with Crippen molar-refractivity contribution in [3.05, 3.63) is 30.3 Å². The van der Waals surface area contributed by atoms with Crippen LogP contribution in [0.4, 0.5) is 0 Å². The first kappa shape index (κ1) is 8.65. The second-order valence-electron chi connectivity index (χ2n) is 2.27. The van der Waals surface area contributed by atoms with Crippen LogP contribution in [0, 0.1) is 6.58 Å². The quantitative estimate of drug-likeness (QED) is 0.679. The van der Waals surface area contributed by atoms with E-state index in [-0.39, 0.29) is 0 Å². The van der Waals surface area contributed by atoms with Crippen LogP contribution in [0.2, 0.25) is 0 Å². The Morgan fingerprint density at radius 2 is 2.00 bits per heavy atom. The molecule has 2 nitrogen and oxygen atoms in total. The van der Waals surface area contributed by atoms with Gasteiger partial charge in [-0.15, -0.1) is 0 Å². The van der Waals surface area contributed by atoms with E-state index in [9.17, 15) is 0 Å². The monoisotopic (exact) mass is 163 g/mol. The minimum atomic E-state index is 0.719. The van der Waals surface area contributed by atoms with Crippen LogP contribution < -0.4 is 9.47 Å². The highest BCUT2D eigenvalue weighted by atomic mass is 16.5. The summed E-state index contributed by atoms with van der Waals surface area (Å²) in [5, 5.41) is 0. The fraction of sp³-hybridized carbons (Fsp3) is 0.200. The Balaban J connectivity index is 3.10. The van der Waals surface area contributed by atoms with E-state index in [2.05, 4.69) is 0 Å². The number of hydrogen-bond donors (Lipinski definition) is 0. The summed E-state index contributed by atoms with van der Waals surface area (Å²) in [5.74, 6) is 1.48. The van der Waals surface area contributed by atoms with Crippen molar-refractivity contribution in [2.75, 3.05) is 14.2 Å². The van der Waals surface area contributed by atoms with Crippen LogP contribution in [-0.4, -0.2) is 14.2 Å². The van der Waals surface area contributed by atoms with Crippen molar-refractivity contribution >= 4 is 6.08 Å². The smallest absolute Gasteiger partial charge is 0.129 e. The molecule has 0 amide bonds. The number of methoxy groups -OCH3 is 2. The van der Waals surface area contributed by atoms with Crippen molar-refractivity contribution < 1.29 is 9.47 Å². The van der Waals surface area contributed by atoms with Crippen molar-refractivity contribution in [1.82, 2.24) is 0 Å². The third kappa shape index (κ3) is 1.59. The minimum absolute atomic E-state index is 0.719. The molecule has 1 aromatic rings. The third-order valence-electron chi connectivity index (χ3n) is 1.62. The average molecular weight is 163 g/mol. The molecule has 1 rings (SSSR count). The lowest BCUT2D eigenvalue weighted by Gasteiger charge is -2.06. The molecule has 0 N–H and O–H groups in total. The van der Waals surface area contributed by atoms with Crippen molar-refractivity contribution in [2.24, 2.45) is 0 Å². The van der Waals surface area contributed by atoms with Crippen LogP contribution >= 0.6 is 0 Å². The largest absolute Gasteiger partial charge is 0.497 e. The standard InChI is InChI=1S/C10H11O2/c1-4-8-5-6-9(11-2)7-10(8)12-3/h1,4-7H,2-3H3. The summed E-state index contributed by atoms with van der Waals surface area (Å²) in [4.78, 5) is 0. The predicted octanol–water partition coefficient (Wildman–Crippen LogP) is 2.15. The first-order valence-corrected chi connectivity index (χ1v) is 3.58. The predicted molar refractivity (Wildman–Crippen MR) is 48.3 cm³/mol. The molecule has 0 aliphatic carbocycles. The van der Waals surface area contributed by atoms with Crippen molar-refractivity contribution in [2.45, 2.75) is 0 Å². The van der Waals surface area contributed by atoms with Gasteiger partial charge in [0.25, 0.3) is 0 Å². The van der Waals surface area contributed by atoms with Crippen LogP contribution in [0.3, 0.4) is 0 Å². The molecule has 0 saturated carbocycles. The van der Waals surface area contributed by atoms with Gasteiger partial charge in [-0.25, -0.2) is 0 Å². The molecule has 0 aliphatic rings. The Morgan fingerprint density at radius 3 is 2.50 bits per heavy atom. The number of rotatable bonds is 3. The molecular weight excluding hydrogens is 152 g/mol. The normalized spacial score (nSPS) is 9.17. The molecule has 0 fully saturated rings. The maximum absolute atomic E-state index is 5.37. The van der Waals surface area contributed by atoms with Crippen LogP contribution in [0.15, 0.2) is 18.2 Å². The SMILES string of the molecule is [CH]=Cc1ccc(OC)cc1OC. The number of ether oxygens (including phenoxy) is 2. The van der Waals surface area contributed by atoms with Crippen molar-refractivity contribution in [1.29, 1.82) is 0 Å². The molecule has 0 heterocycles. The molecule has 1 aromatic carbocycles. The summed E-state index contributed by atoms with van der Waals surface area (Å²) in [7, 11) is 3.21. The van der Waals surface area contributed by atoms with E-state index in [1.54, 1.807) is 20.3 Å². The molecule has 0 unspecified atom stereocenters. The lowest BCUT2D eigenvalue weighted by molar-refractivity contribution is 0.394.